The van der Waals surface area contributed by atoms with Crippen molar-refractivity contribution in [2.24, 2.45) is 0 Å². The van der Waals surface area contributed by atoms with Crippen LogP contribution in [0.25, 0.3) is 0 Å². The minimum atomic E-state index is -3.45. The average Bonchev–Trinajstić information content (AvgIpc) is 2.36. The van der Waals surface area contributed by atoms with Gasteiger partial charge in [-0.2, -0.15) is 4.31 Å². The van der Waals surface area contributed by atoms with Crippen molar-refractivity contribution < 1.29 is 13.2 Å². The van der Waals surface area contributed by atoms with Crippen LogP contribution in [0.1, 0.15) is 26.3 Å². The number of nitrogens with zero attached hydrogens (tertiary/aromatic N) is 1. The van der Waals surface area contributed by atoms with Crippen LogP contribution in [0.4, 0.5) is 0 Å². The number of morpholine rings is 1. The molecule has 112 valence electrons. The standard InChI is InChI=1S/C14H20BrNO3S/c1-11-9-16(10-14(2,3)19-11)20(17,18)13-6-4-12(8-15)5-7-13/h4-7,11H,8-10H2,1-3H3. The molecule has 1 heterocycles. The molecule has 1 unspecified atom stereocenters. The first-order valence-electron chi connectivity index (χ1n) is 6.57. The molecule has 1 aliphatic rings. The number of sulfonamides is 1. The molecule has 0 bridgehead atoms. The fraction of sp³-hybridized carbons (Fsp3) is 0.571. The summed E-state index contributed by atoms with van der Waals surface area (Å²) >= 11 is 3.36. The molecule has 0 radical (unpaired) electrons. The second kappa shape index (κ2) is 5.75. The van der Waals surface area contributed by atoms with Crippen LogP contribution >= 0.6 is 15.9 Å². The Morgan fingerprint density at radius 1 is 1.35 bits per heavy atom. The van der Waals surface area contributed by atoms with Gasteiger partial charge in [-0.3, -0.25) is 0 Å². The minimum Gasteiger partial charge on any atom is -0.370 e. The summed E-state index contributed by atoms with van der Waals surface area (Å²) in [5.74, 6) is 0. The molecule has 1 aromatic rings. The van der Waals surface area contributed by atoms with Crippen LogP contribution in [0.5, 0.6) is 0 Å². The van der Waals surface area contributed by atoms with Gasteiger partial charge in [0.05, 0.1) is 16.6 Å². The van der Waals surface area contributed by atoms with Gasteiger partial charge >= 0.3 is 0 Å². The SMILES string of the molecule is CC1CN(S(=O)(=O)c2ccc(CBr)cc2)CC(C)(C)O1. The van der Waals surface area contributed by atoms with Crippen LogP contribution in [-0.4, -0.2) is 37.5 Å². The number of hydrogen-bond acceptors (Lipinski definition) is 3. The highest BCUT2D eigenvalue weighted by Crippen LogP contribution is 2.26. The van der Waals surface area contributed by atoms with Gasteiger partial charge in [-0.25, -0.2) is 8.42 Å². The molecule has 1 aliphatic heterocycles. The van der Waals surface area contributed by atoms with Gasteiger partial charge in [-0.15, -0.1) is 0 Å². The third kappa shape index (κ3) is 3.42. The molecule has 2 rings (SSSR count). The lowest BCUT2D eigenvalue weighted by Crippen LogP contribution is -2.53. The Labute approximate surface area is 129 Å². The van der Waals surface area contributed by atoms with Crippen LogP contribution < -0.4 is 0 Å². The Bertz CT molecular complexity index is 569. The maximum atomic E-state index is 12.7. The summed E-state index contributed by atoms with van der Waals surface area (Å²) < 4.78 is 32.6. The van der Waals surface area contributed by atoms with Crippen LogP contribution in [0.15, 0.2) is 29.2 Å². The Morgan fingerprint density at radius 2 is 1.95 bits per heavy atom. The first kappa shape index (κ1) is 15.9. The van der Waals surface area contributed by atoms with Gasteiger partial charge in [-0.05, 0) is 38.5 Å². The summed E-state index contributed by atoms with van der Waals surface area (Å²) in [6, 6.07) is 6.99. The Balaban J connectivity index is 2.29. The van der Waals surface area contributed by atoms with E-state index >= 15 is 0 Å². The Kier molecular flexibility index (Phi) is 4.59. The van der Waals surface area contributed by atoms with E-state index in [1.54, 1.807) is 12.1 Å². The maximum Gasteiger partial charge on any atom is 0.243 e. The zero-order valence-electron chi connectivity index (χ0n) is 12.0. The van der Waals surface area contributed by atoms with Gasteiger partial charge in [0.1, 0.15) is 0 Å². The summed E-state index contributed by atoms with van der Waals surface area (Å²) in [5, 5.41) is 0.717. The van der Waals surface area contributed by atoms with E-state index in [1.165, 1.54) is 4.31 Å². The van der Waals surface area contributed by atoms with Crippen molar-refractivity contribution in [3.8, 4) is 0 Å². The predicted molar refractivity (Wildman–Crippen MR) is 82.5 cm³/mol. The zero-order chi connectivity index (χ0) is 15.0. The smallest absolute Gasteiger partial charge is 0.243 e. The molecule has 1 saturated heterocycles. The number of benzene rings is 1. The summed E-state index contributed by atoms with van der Waals surface area (Å²) in [6.45, 7) is 6.50. The van der Waals surface area contributed by atoms with Crippen molar-refractivity contribution in [3.63, 3.8) is 0 Å². The maximum absolute atomic E-state index is 12.7. The first-order chi connectivity index (χ1) is 9.24. The topological polar surface area (TPSA) is 46.6 Å². The van der Waals surface area contributed by atoms with E-state index in [4.69, 9.17) is 4.74 Å². The molecular weight excluding hydrogens is 342 g/mol. The van der Waals surface area contributed by atoms with Crippen molar-refractivity contribution in [1.29, 1.82) is 0 Å². The molecule has 20 heavy (non-hydrogen) atoms. The molecule has 6 heteroatoms. The second-order valence-corrected chi connectivity index (χ2v) is 8.26. The highest BCUT2D eigenvalue weighted by Gasteiger charge is 2.37. The Morgan fingerprint density at radius 3 is 2.45 bits per heavy atom. The molecule has 0 spiro atoms. The van der Waals surface area contributed by atoms with E-state index in [1.807, 2.05) is 32.9 Å². The summed E-state index contributed by atoms with van der Waals surface area (Å²) in [7, 11) is -3.45. The molecule has 1 aromatic carbocycles. The van der Waals surface area contributed by atoms with Crippen molar-refractivity contribution in [2.75, 3.05) is 13.1 Å². The van der Waals surface area contributed by atoms with Gasteiger partial charge in [-0.1, -0.05) is 28.1 Å². The van der Waals surface area contributed by atoms with Gasteiger partial charge < -0.3 is 4.74 Å². The lowest BCUT2D eigenvalue weighted by molar-refractivity contribution is -0.109. The number of alkyl halides is 1. The van der Waals surface area contributed by atoms with Crippen LogP contribution in [0.2, 0.25) is 0 Å². The van der Waals surface area contributed by atoms with Crippen LogP contribution in [0, 0.1) is 0 Å². The Hall–Kier alpha value is -0.430. The summed E-state index contributed by atoms with van der Waals surface area (Å²) in [4.78, 5) is 0.340. The van der Waals surface area contributed by atoms with E-state index < -0.39 is 15.6 Å². The van der Waals surface area contributed by atoms with Crippen molar-refractivity contribution in [1.82, 2.24) is 4.31 Å². The molecule has 1 atom stereocenters. The fourth-order valence-corrected chi connectivity index (χ4v) is 4.52. The number of halogens is 1. The van der Waals surface area contributed by atoms with Crippen LogP contribution in [-0.2, 0) is 20.1 Å². The third-order valence-electron chi connectivity index (χ3n) is 3.25. The van der Waals surface area contributed by atoms with Crippen molar-refractivity contribution in [3.05, 3.63) is 29.8 Å². The van der Waals surface area contributed by atoms with Crippen LogP contribution in [0.3, 0.4) is 0 Å². The number of rotatable bonds is 3. The fourth-order valence-electron chi connectivity index (χ4n) is 2.48. The highest BCUT2D eigenvalue weighted by molar-refractivity contribution is 9.08. The zero-order valence-corrected chi connectivity index (χ0v) is 14.4. The molecule has 0 aromatic heterocycles. The largest absolute Gasteiger partial charge is 0.370 e. The highest BCUT2D eigenvalue weighted by atomic mass is 79.9. The third-order valence-corrected chi connectivity index (χ3v) is 5.73. The van der Waals surface area contributed by atoms with E-state index in [0.717, 1.165) is 10.9 Å². The normalized spacial score (nSPS) is 23.7. The minimum absolute atomic E-state index is 0.102. The molecule has 0 aliphatic carbocycles. The lowest BCUT2D eigenvalue weighted by atomic mass is 10.1. The van der Waals surface area contributed by atoms with Gasteiger partial charge in [0.2, 0.25) is 10.0 Å². The van der Waals surface area contributed by atoms with E-state index in [0.29, 0.717) is 18.0 Å². The second-order valence-electron chi connectivity index (χ2n) is 5.76. The van der Waals surface area contributed by atoms with Gasteiger partial charge in [0, 0.05) is 18.4 Å². The van der Waals surface area contributed by atoms with Gasteiger partial charge in [0.25, 0.3) is 0 Å². The molecule has 0 amide bonds. The molecule has 0 N–H and O–H groups in total. The quantitative estimate of drug-likeness (QED) is 0.777. The summed E-state index contributed by atoms with van der Waals surface area (Å²) in [6.07, 6.45) is -0.102. The molecule has 0 saturated carbocycles. The van der Waals surface area contributed by atoms with E-state index in [-0.39, 0.29) is 6.10 Å². The number of hydrogen-bond donors (Lipinski definition) is 0. The lowest BCUT2D eigenvalue weighted by Gasteiger charge is -2.40. The average molecular weight is 362 g/mol. The monoisotopic (exact) mass is 361 g/mol. The summed E-state index contributed by atoms with van der Waals surface area (Å²) in [5.41, 5.74) is 0.597. The van der Waals surface area contributed by atoms with E-state index in [9.17, 15) is 8.42 Å². The van der Waals surface area contributed by atoms with Gasteiger partial charge in [0.15, 0.2) is 0 Å². The van der Waals surface area contributed by atoms with Crippen molar-refractivity contribution in [2.45, 2.75) is 42.7 Å². The molecule has 4 nitrogen and oxygen atoms in total. The predicted octanol–water partition coefficient (Wildman–Crippen LogP) is 2.77. The first-order valence-corrected chi connectivity index (χ1v) is 9.14. The van der Waals surface area contributed by atoms with Crippen molar-refractivity contribution >= 4 is 26.0 Å². The molecular formula is C14H20BrNO3S. The number of ether oxygens (including phenoxy) is 1. The van der Waals surface area contributed by atoms with E-state index in [2.05, 4.69) is 15.9 Å². The molecule has 1 fully saturated rings.